The van der Waals surface area contributed by atoms with Gasteiger partial charge in [0.25, 0.3) is 0 Å². The first-order chi connectivity index (χ1) is 8.43. The first kappa shape index (κ1) is 12.7. The van der Waals surface area contributed by atoms with Crippen molar-refractivity contribution in [3.05, 3.63) is 17.8 Å². The Kier molecular flexibility index (Phi) is 3.16. The number of hydrogen-bond donors (Lipinski definition) is 1. The maximum atomic E-state index is 8.99. The van der Waals surface area contributed by atoms with E-state index in [0.29, 0.717) is 22.6 Å². The smallest absolute Gasteiger partial charge is 0.153 e. The molecule has 0 bridgehead atoms. The van der Waals surface area contributed by atoms with Crippen molar-refractivity contribution >= 4 is 11.5 Å². The number of anilines is 2. The monoisotopic (exact) mass is 244 g/mol. The number of nitrogens with zero attached hydrogens (tertiary/aromatic N) is 3. The van der Waals surface area contributed by atoms with Gasteiger partial charge in [-0.15, -0.1) is 0 Å². The van der Waals surface area contributed by atoms with E-state index < -0.39 is 0 Å². The van der Waals surface area contributed by atoms with E-state index in [-0.39, 0.29) is 0 Å². The first-order valence-corrected chi connectivity index (χ1v) is 6.33. The summed E-state index contributed by atoms with van der Waals surface area (Å²) in [5.41, 5.74) is 7.33. The van der Waals surface area contributed by atoms with Gasteiger partial charge < -0.3 is 10.6 Å². The number of nitrogen functional groups attached to an aromatic ring is 1. The molecule has 0 aliphatic carbocycles. The molecule has 0 radical (unpaired) electrons. The van der Waals surface area contributed by atoms with E-state index in [1.54, 1.807) is 12.3 Å². The van der Waals surface area contributed by atoms with Crippen molar-refractivity contribution in [1.29, 1.82) is 5.26 Å². The van der Waals surface area contributed by atoms with Crippen LogP contribution < -0.4 is 10.6 Å². The van der Waals surface area contributed by atoms with Crippen LogP contribution in [0.2, 0.25) is 0 Å². The summed E-state index contributed by atoms with van der Waals surface area (Å²) >= 11 is 0. The highest BCUT2D eigenvalue weighted by Gasteiger charge is 2.33. The zero-order valence-electron chi connectivity index (χ0n) is 11.3. The van der Waals surface area contributed by atoms with Gasteiger partial charge in [-0.3, -0.25) is 0 Å². The Bertz CT molecular complexity index is 482. The third-order valence-corrected chi connectivity index (χ3v) is 3.80. The zero-order valence-corrected chi connectivity index (χ0v) is 11.3. The lowest BCUT2D eigenvalue weighted by molar-refractivity contribution is 0.263. The van der Waals surface area contributed by atoms with Crippen molar-refractivity contribution in [2.45, 2.75) is 27.2 Å². The van der Waals surface area contributed by atoms with Gasteiger partial charge in [0.2, 0.25) is 0 Å². The summed E-state index contributed by atoms with van der Waals surface area (Å²) in [6.07, 6.45) is 2.82. The molecule has 4 nitrogen and oxygen atoms in total. The average molecular weight is 244 g/mol. The number of hydrogen-bond acceptors (Lipinski definition) is 4. The minimum absolute atomic E-state index is 0.302. The summed E-state index contributed by atoms with van der Waals surface area (Å²) < 4.78 is 0. The summed E-state index contributed by atoms with van der Waals surface area (Å²) in [7, 11) is 0. The van der Waals surface area contributed by atoms with E-state index in [4.69, 9.17) is 11.0 Å². The van der Waals surface area contributed by atoms with Gasteiger partial charge in [-0.2, -0.15) is 5.26 Å². The van der Waals surface area contributed by atoms with Gasteiger partial charge >= 0.3 is 0 Å². The largest absolute Gasteiger partial charge is 0.395 e. The highest BCUT2D eigenvalue weighted by molar-refractivity contribution is 5.70. The first-order valence-electron chi connectivity index (χ1n) is 6.33. The second kappa shape index (κ2) is 4.49. The molecular weight excluding hydrogens is 224 g/mol. The van der Waals surface area contributed by atoms with Crippen LogP contribution in [0.25, 0.3) is 0 Å². The lowest BCUT2D eigenvalue weighted by Crippen LogP contribution is -2.27. The topological polar surface area (TPSA) is 65.9 Å². The molecule has 1 aromatic rings. The van der Waals surface area contributed by atoms with Crippen molar-refractivity contribution in [3.63, 3.8) is 0 Å². The second-order valence-electron chi connectivity index (χ2n) is 6.01. The van der Waals surface area contributed by atoms with Gasteiger partial charge in [-0.25, -0.2) is 4.98 Å². The van der Waals surface area contributed by atoms with Gasteiger partial charge in [-0.1, -0.05) is 20.8 Å². The summed E-state index contributed by atoms with van der Waals surface area (Å²) in [5, 5.41) is 8.99. The molecule has 1 aliphatic rings. The highest BCUT2D eigenvalue weighted by Crippen LogP contribution is 2.36. The van der Waals surface area contributed by atoms with Crippen LogP contribution in [0.5, 0.6) is 0 Å². The Hall–Kier alpha value is -1.76. The molecule has 2 heterocycles. The van der Waals surface area contributed by atoms with Gasteiger partial charge in [0.1, 0.15) is 6.07 Å². The number of nitrogens with two attached hydrogens (primary N) is 1. The fraction of sp³-hybridized carbons (Fsp3) is 0.571. The van der Waals surface area contributed by atoms with Crippen LogP contribution in [-0.4, -0.2) is 18.1 Å². The fourth-order valence-corrected chi connectivity index (χ4v) is 2.47. The van der Waals surface area contributed by atoms with Crippen LogP contribution in [-0.2, 0) is 0 Å². The molecule has 18 heavy (non-hydrogen) atoms. The molecule has 0 saturated carbocycles. The van der Waals surface area contributed by atoms with Crippen LogP contribution in [0, 0.1) is 22.7 Å². The minimum atomic E-state index is 0.302. The van der Waals surface area contributed by atoms with Crippen LogP contribution in [0.3, 0.4) is 0 Å². The lowest BCUT2D eigenvalue weighted by atomic mass is 9.80. The van der Waals surface area contributed by atoms with Crippen molar-refractivity contribution in [2.75, 3.05) is 23.7 Å². The highest BCUT2D eigenvalue weighted by atomic mass is 15.2. The standard InChI is InChI=1S/C14H20N4/c1-14(2,3)11-5-7-18(9-11)13-12(16)10(8-15)4-6-17-13/h4,6,11H,5,7,9,16H2,1-3H3. The summed E-state index contributed by atoms with van der Waals surface area (Å²) in [6.45, 7) is 8.74. The van der Waals surface area contributed by atoms with Gasteiger partial charge in [0, 0.05) is 19.3 Å². The van der Waals surface area contributed by atoms with Gasteiger partial charge in [-0.05, 0) is 23.8 Å². The molecule has 0 spiro atoms. The Morgan fingerprint density at radius 3 is 2.78 bits per heavy atom. The Morgan fingerprint density at radius 1 is 1.50 bits per heavy atom. The summed E-state index contributed by atoms with van der Waals surface area (Å²) in [5.74, 6) is 1.41. The predicted octanol–water partition coefficient (Wildman–Crippen LogP) is 2.41. The van der Waals surface area contributed by atoms with E-state index in [0.717, 1.165) is 25.3 Å². The van der Waals surface area contributed by atoms with E-state index in [1.807, 2.05) is 0 Å². The van der Waals surface area contributed by atoms with E-state index >= 15 is 0 Å². The zero-order chi connectivity index (χ0) is 13.3. The fourth-order valence-electron chi connectivity index (χ4n) is 2.47. The minimum Gasteiger partial charge on any atom is -0.395 e. The molecule has 1 fully saturated rings. The summed E-state index contributed by atoms with van der Waals surface area (Å²) in [4.78, 5) is 6.54. The number of aromatic nitrogens is 1. The molecule has 96 valence electrons. The maximum absolute atomic E-state index is 8.99. The number of pyridine rings is 1. The Morgan fingerprint density at radius 2 is 2.22 bits per heavy atom. The molecule has 1 aliphatic heterocycles. The molecule has 4 heteroatoms. The van der Waals surface area contributed by atoms with Crippen molar-refractivity contribution in [3.8, 4) is 6.07 Å². The normalized spacial score (nSPS) is 19.9. The van der Waals surface area contributed by atoms with Crippen LogP contribution in [0.1, 0.15) is 32.8 Å². The third kappa shape index (κ3) is 2.26. The number of nitriles is 1. The van der Waals surface area contributed by atoms with E-state index in [2.05, 4.69) is 36.7 Å². The van der Waals surface area contributed by atoms with Crippen molar-refractivity contribution < 1.29 is 0 Å². The Balaban J connectivity index is 2.23. The van der Waals surface area contributed by atoms with Gasteiger partial charge in [0.15, 0.2) is 5.82 Å². The van der Waals surface area contributed by atoms with E-state index in [9.17, 15) is 0 Å². The molecule has 2 rings (SSSR count). The molecule has 1 unspecified atom stereocenters. The van der Waals surface area contributed by atoms with Crippen LogP contribution >= 0.6 is 0 Å². The third-order valence-electron chi connectivity index (χ3n) is 3.80. The van der Waals surface area contributed by atoms with Gasteiger partial charge in [0.05, 0.1) is 11.3 Å². The lowest BCUT2D eigenvalue weighted by Gasteiger charge is -2.27. The maximum Gasteiger partial charge on any atom is 0.153 e. The van der Waals surface area contributed by atoms with Crippen LogP contribution in [0.15, 0.2) is 12.3 Å². The molecule has 2 N–H and O–H groups in total. The molecular formula is C14H20N4. The molecule has 0 aromatic carbocycles. The van der Waals surface area contributed by atoms with E-state index in [1.165, 1.54) is 0 Å². The SMILES string of the molecule is CC(C)(C)C1CCN(c2nccc(C#N)c2N)C1. The molecule has 0 amide bonds. The average Bonchev–Trinajstić information content (AvgIpc) is 2.78. The second-order valence-corrected chi connectivity index (χ2v) is 6.01. The summed E-state index contributed by atoms with van der Waals surface area (Å²) in [6, 6.07) is 3.77. The quantitative estimate of drug-likeness (QED) is 0.823. The van der Waals surface area contributed by atoms with Crippen LogP contribution in [0.4, 0.5) is 11.5 Å². The number of rotatable bonds is 1. The van der Waals surface area contributed by atoms with Crippen molar-refractivity contribution in [2.24, 2.45) is 11.3 Å². The Labute approximate surface area is 108 Å². The molecule has 1 atom stereocenters. The molecule has 1 saturated heterocycles. The molecule has 1 aromatic heterocycles. The van der Waals surface area contributed by atoms with Crippen molar-refractivity contribution in [1.82, 2.24) is 4.98 Å². The predicted molar refractivity (Wildman–Crippen MR) is 73.1 cm³/mol.